The number of ether oxygens (including phenoxy) is 2. The standard InChI is InChI=1S/C32H30O6.C2H6.2Na/c1-2-21-19-25(22-9-4-3-5-10-22)26(33)20-30(21)37-18-8-17-36-27-14-15-29-32(24(27)13-16-31(34)35)23-11-6-7-12-28(23)38-29;1-2;;/h3-7,9-12,14-15,19-20,33H,2,8,13,16-18H2,1H3,(H,34,35);1-2H3;;/q;;2*+1/p-2. The van der Waals surface area contributed by atoms with Gasteiger partial charge in [-0.2, -0.15) is 0 Å². The van der Waals surface area contributed by atoms with Crippen LogP contribution in [-0.4, -0.2) is 19.2 Å². The summed E-state index contributed by atoms with van der Waals surface area (Å²) in [6.07, 6.45) is 1.48. The molecular formula is C34H34Na2O6. The van der Waals surface area contributed by atoms with Crippen molar-refractivity contribution in [3.05, 3.63) is 90.0 Å². The molecule has 42 heavy (non-hydrogen) atoms. The van der Waals surface area contributed by atoms with Crippen LogP contribution in [0.2, 0.25) is 0 Å². The van der Waals surface area contributed by atoms with Crippen molar-refractivity contribution in [2.45, 2.75) is 46.5 Å². The van der Waals surface area contributed by atoms with Gasteiger partial charge in [0.25, 0.3) is 0 Å². The second-order valence-corrected chi connectivity index (χ2v) is 9.11. The molecule has 0 aliphatic carbocycles. The molecule has 1 heterocycles. The van der Waals surface area contributed by atoms with Crippen LogP contribution in [0.15, 0.2) is 83.3 Å². The van der Waals surface area contributed by atoms with Crippen molar-refractivity contribution in [3.8, 4) is 28.4 Å². The zero-order valence-electron chi connectivity index (χ0n) is 25.2. The fourth-order valence-electron chi connectivity index (χ4n) is 4.76. The molecule has 8 heteroatoms. The second-order valence-electron chi connectivity index (χ2n) is 9.11. The fraction of sp³-hybridized carbons (Fsp3) is 0.265. The Morgan fingerprint density at radius 3 is 2.19 bits per heavy atom. The van der Waals surface area contributed by atoms with Gasteiger partial charge < -0.3 is 28.9 Å². The molecule has 0 spiro atoms. The van der Waals surface area contributed by atoms with E-state index in [0.29, 0.717) is 42.3 Å². The summed E-state index contributed by atoms with van der Waals surface area (Å²) < 4.78 is 18.0. The molecule has 0 atom stereocenters. The number of para-hydroxylation sites is 1. The summed E-state index contributed by atoms with van der Waals surface area (Å²) in [5.41, 5.74) is 4.76. The van der Waals surface area contributed by atoms with Gasteiger partial charge in [0.2, 0.25) is 0 Å². The van der Waals surface area contributed by atoms with E-state index in [2.05, 4.69) is 0 Å². The zero-order valence-corrected chi connectivity index (χ0v) is 29.2. The minimum Gasteiger partial charge on any atom is -0.872 e. The van der Waals surface area contributed by atoms with E-state index < -0.39 is 5.97 Å². The Morgan fingerprint density at radius 2 is 1.50 bits per heavy atom. The number of hydrogen-bond donors (Lipinski definition) is 0. The molecular weight excluding hydrogens is 550 g/mol. The molecule has 0 radical (unpaired) electrons. The monoisotopic (exact) mass is 584 g/mol. The number of furan rings is 1. The van der Waals surface area contributed by atoms with E-state index in [1.165, 1.54) is 0 Å². The molecule has 0 fully saturated rings. The van der Waals surface area contributed by atoms with Crippen molar-refractivity contribution in [3.63, 3.8) is 0 Å². The van der Waals surface area contributed by atoms with Crippen molar-refractivity contribution >= 4 is 27.9 Å². The Kier molecular flexibility index (Phi) is 15.0. The number of aryl methyl sites for hydroxylation is 2. The maximum atomic E-state index is 12.7. The topological polar surface area (TPSA) is 94.8 Å². The quantitative estimate of drug-likeness (QED) is 0.165. The van der Waals surface area contributed by atoms with Crippen LogP contribution in [0, 0.1) is 0 Å². The van der Waals surface area contributed by atoms with Gasteiger partial charge >= 0.3 is 59.1 Å². The van der Waals surface area contributed by atoms with Gasteiger partial charge in [0.05, 0.1) is 13.2 Å². The number of hydrogen-bond acceptors (Lipinski definition) is 6. The number of benzene rings is 4. The Hall–Kier alpha value is -2.45. The molecule has 208 valence electrons. The van der Waals surface area contributed by atoms with Gasteiger partial charge in [-0.3, -0.25) is 0 Å². The largest absolute Gasteiger partial charge is 1.00 e. The van der Waals surface area contributed by atoms with Crippen LogP contribution in [0.1, 0.15) is 44.7 Å². The molecule has 0 bridgehead atoms. The third kappa shape index (κ3) is 8.56. The summed E-state index contributed by atoms with van der Waals surface area (Å²) in [4.78, 5) is 11.2. The first-order valence-corrected chi connectivity index (χ1v) is 13.8. The molecule has 5 aromatic rings. The Labute approximate surface area is 291 Å². The minimum absolute atomic E-state index is 0. The molecule has 0 saturated heterocycles. The minimum atomic E-state index is -1.11. The molecule has 0 unspecified atom stereocenters. The Bertz CT molecular complexity index is 1580. The van der Waals surface area contributed by atoms with Crippen molar-refractivity contribution in [1.29, 1.82) is 0 Å². The van der Waals surface area contributed by atoms with E-state index in [-0.39, 0.29) is 77.7 Å². The number of carbonyl (C=O) groups is 1. The van der Waals surface area contributed by atoms with Gasteiger partial charge in [0, 0.05) is 28.7 Å². The molecule has 0 aliphatic rings. The van der Waals surface area contributed by atoms with Gasteiger partial charge in [-0.05, 0) is 66.3 Å². The van der Waals surface area contributed by atoms with E-state index in [4.69, 9.17) is 13.9 Å². The van der Waals surface area contributed by atoms with Crippen LogP contribution in [0.25, 0.3) is 33.1 Å². The molecule has 0 aliphatic heterocycles. The number of rotatable bonds is 11. The number of aliphatic carboxylic acids is 1. The summed E-state index contributed by atoms with van der Waals surface area (Å²) in [7, 11) is 0. The van der Waals surface area contributed by atoms with Gasteiger partial charge in [0.15, 0.2) is 0 Å². The average molecular weight is 585 g/mol. The summed E-state index contributed by atoms with van der Waals surface area (Å²) in [6, 6.07) is 24.4. The van der Waals surface area contributed by atoms with Crippen LogP contribution in [0.5, 0.6) is 17.2 Å². The third-order valence-corrected chi connectivity index (χ3v) is 6.62. The van der Waals surface area contributed by atoms with Crippen LogP contribution in [0.3, 0.4) is 0 Å². The van der Waals surface area contributed by atoms with E-state index in [1.54, 1.807) is 6.07 Å². The number of carbonyl (C=O) groups excluding carboxylic acids is 1. The first-order valence-electron chi connectivity index (χ1n) is 13.8. The van der Waals surface area contributed by atoms with E-state index in [9.17, 15) is 15.0 Å². The summed E-state index contributed by atoms with van der Waals surface area (Å²) in [5.74, 6) is 0.0292. The van der Waals surface area contributed by atoms with E-state index in [1.807, 2.05) is 93.6 Å². The summed E-state index contributed by atoms with van der Waals surface area (Å²) >= 11 is 0. The van der Waals surface area contributed by atoms with E-state index >= 15 is 0 Å². The number of carboxylic acids is 1. The van der Waals surface area contributed by atoms with Crippen molar-refractivity contribution in [2.75, 3.05) is 13.2 Å². The van der Waals surface area contributed by atoms with Crippen LogP contribution in [-0.2, 0) is 17.6 Å². The van der Waals surface area contributed by atoms with Crippen molar-refractivity contribution in [2.24, 2.45) is 0 Å². The molecule has 0 N–H and O–H groups in total. The molecule has 5 rings (SSSR count). The van der Waals surface area contributed by atoms with Crippen LogP contribution < -0.4 is 78.8 Å². The number of fused-ring (bicyclic) bond motifs is 3. The summed E-state index contributed by atoms with van der Waals surface area (Å²) in [6.45, 7) is 6.78. The van der Waals surface area contributed by atoms with Crippen molar-refractivity contribution < 1.29 is 88.0 Å². The van der Waals surface area contributed by atoms with Gasteiger partial charge in [-0.25, -0.2) is 0 Å². The van der Waals surface area contributed by atoms with E-state index in [0.717, 1.165) is 39.5 Å². The van der Waals surface area contributed by atoms with Gasteiger partial charge in [-0.15, -0.1) is 0 Å². The fourth-order valence-corrected chi connectivity index (χ4v) is 4.76. The molecule has 4 aromatic carbocycles. The predicted octanol–water partition coefficient (Wildman–Crippen LogP) is 0.454. The van der Waals surface area contributed by atoms with Crippen molar-refractivity contribution in [1.82, 2.24) is 0 Å². The molecule has 0 amide bonds. The maximum absolute atomic E-state index is 12.7. The smallest absolute Gasteiger partial charge is 0.872 e. The normalized spacial score (nSPS) is 10.3. The molecule has 0 saturated carbocycles. The zero-order chi connectivity index (χ0) is 28.5. The summed E-state index contributed by atoms with van der Waals surface area (Å²) in [5, 5.41) is 25.8. The van der Waals surface area contributed by atoms with Crippen LogP contribution in [0.4, 0.5) is 0 Å². The maximum Gasteiger partial charge on any atom is 1.00 e. The predicted molar refractivity (Wildman–Crippen MR) is 155 cm³/mol. The first kappa shape index (κ1) is 35.7. The first-order chi connectivity index (χ1) is 19.5. The number of carboxylic acid groups (broad SMARTS) is 1. The van der Waals surface area contributed by atoms with Gasteiger partial charge in [-0.1, -0.05) is 75.1 Å². The van der Waals surface area contributed by atoms with Crippen LogP contribution >= 0.6 is 0 Å². The Morgan fingerprint density at radius 1 is 0.833 bits per heavy atom. The third-order valence-electron chi connectivity index (χ3n) is 6.62. The SMILES string of the molecule is CC.CCc1cc(-c2ccccc2)c([O-])cc1OCCCOc1ccc2oc3ccccc3c2c1CCC(=O)[O-].[Na+].[Na+]. The average Bonchev–Trinajstić information content (AvgIpc) is 3.36. The van der Waals surface area contributed by atoms with Gasteiger partial charge in [0.1, 0.15) is 22.7 Å². The molecule has 6 nitrogen and oxygen atoms in total. The second kappa shape index (κ2) is 17.6. The molecule has 1 aromatic heterocycles. The Balaban J connectivity index is 0.00000151.